The van der Waals surface area contributed by atoms with Crippen LogP contribution in [0.15, 0.2) is 0 Å². The Kier molecular flexibility index (Phi) is 3.32. The first-order valence-corrected chi connectivity index (χ1v) is 5.73. The van der Waals surface area contributed by atoms with Gasteiger partial charge < -0.3 is 9.31 Å². The Balaban J connectivity index is 2.86. The van der Waals surface area contributed by atoms with E-state index in [0.717, 1.165) is 12.7 Å². The lowest BCUT2D eigenvalue weighted by Crippen LogP contribution is -2.49. The average molecular weight is 198 g/mol. The van der Waals surface area contributed by atoms with Crippen LogP contribution in [0.4, 0.5) is 0 Å². The van der Waals surface area contributed by atoms with Gasteiger partial charge in [0.1, 0.15) is 0 Å². The maximum absolute atomic E-state index is 6.04. The first kappa shape index (κ1) is 12.1. The van der Waals surface area contributed by atoms with E-state index in [1.54, 1.807) is 0 Å². The van der Waals surface area contributed by atoms with Gasteiger partial charge in [-0.2, -0.15) is 0 Å². The van der Waals surface area contributed by atoms with Crippen LogP contribution in [-0.4, -0.2) is 18.3 Å². The van der Waals surface area contributed by atoms with Gasteiger partial charge in [0.25, 0.3) is 0 Å². The number of hydrogen-bond acceptors (Lipinski definition) is 2. The van der Waals surface area contributed by atoms with Crippen LogP contribution in [0.5, 0.6) is 0 Å². The van der Waals surface area contributed by atoms with Crippen LogP contribution in [0.25, 0.3) is 0 Å². The minimum absolute atomic E-state index is 0.0241. The largest absolute Gasteiger partial charge is 0.457 e. The van der Waals surface area contributed by atoms with Crippen LogP contribution in [0.2, 0.25) is 6.32 Å². The second-order valence-electron chi connectivity index (χ2n) is 5.00. The van der Waals surface area contributed by atoms with Crippen molar-refractivity contribution in [1.82, 2.24) is 0 Å². The summed E-state index contributed by atoms with van der Waals surface area (Å²) in [4.78, 5) is 0. The highest BCUT2D eigenvalue weighted by Crippen LogP contribution is 2.44. The summed E-state index contributed by atoms with van der Waals surface area (Å²) in [7, 11) is -0.0241. The van der Waals surface area contributed by atoms with Gasteiger partial charge in [0.15, 0.2) is 0 Å². The summed E-state index contributed by atoms with van der Waals surface area (Å²) >= 11 is 0. The van der Waals surface area contributed by atoms with Gasteiger partial charge in [-0.3, -0.25) is 0 Å². The van der Waals surface area contributed by atoms with Crippen LogP contribution >= 0.6 is 0 Å². The van der Waals surface area contributed by atoms with Gasteiger partial charge >= 0.3 is 7.12 Å². The second-order valence-corrected chi connectivity index (χ2v) is 5.00. The molecule has 2 atom stereocenters. The SMILES string of the molecule is CCB1OC(C)(C)C(C)(C(C)CC)O1. The van der Waals surface area contributed by atoms with Crippen molar-refractivity contribution in [2.24, 2.45) is 5.92 Å². The topological polar surface area (TPSA) is 18.5 Å². The molecule has 1 rings (SSSR count). The lowest BCUT2D eigenvalue weighted by Gasteiger charge is -2.41. The van der Waals surface area contributed by atoms with Gasteiger partial charge in [-0.15, -0.1) is 0 Å². The van der Waals surface area contributed by atoms with Gasteiger partial charge in [0, 0.05) is 0 Å². The summed E-state index contributed by atoms with van der Waals surface area (Å²) in [6.45, 7) is 13.0. The van der Waals surface area contributed by atoms with Gasteiger partial charge in [-0.25, -0.2) is 0 Å². The van der Waals surface area contributed by atoms with Crippen molar-refractivity contribution in [2.45, 2.75) is 65.5 Å². The smallest absolute Gasteiger partial charge is 0.403 e. The van der Waals surface area contributed by atoms with E-state index in [2.05, 4.69) is 41.5 Å². The van der Waals surface area contributed by atoms with E-state index in [1.807, 2.05) is 0 Å². The molecule has 0 amide bonds. The lowest BCUT2D eigenvalue weighted by molar-refractivity contribution is -0.0499. The number of rotatable bonds is 3. The van der Waals surface area contributed by atoms with Crippen LogP contribution in [0.3, 0.4) is 0 Å². The zero-order chi connectivity index (χ0) is 11.0. The summed E-state index contributed by atoms with van der Waals surface area (Å²) in [5, 5.41) is 0. The predicted octanol–water partition coefficient (Wildman–Crippen LogP) is 3.12. The fourth-order valence-corrected chi connectivity index (χ4v) is 2.15. The zero-order valence-electron chi connectivity index (χ0n) is 10.4. The van der Waals surface area contributed by atoms with Gasteiger partial charge in [-0.05, 0) is 33.0 Å². The molecule has 0 spiro atoms. The third-order valence-corrected chi connectivity index (χ3v) is 3.88. The normalized spacial score (nSPS) is 33.4. The van der Waals surface area contributed by atoms with Crippen molar-refractivity contribution in [3.8, 4) is 0 Å². The van der Waals surface area contributed by atoms with Crippen molar-refractivity contribution in [1.29, 1.82) is 0 Å². The maximum Gasteiger partial charge on any atom is 0.457 e. The first-order chi connectivity index (χ1) is 6.37. The molecule has 0 aliphatic carbocycles. The van der Waals surface area contributed by atoms with E-state index < -0.39 is 0 Å². The minimum atomic E-state index is -0.177. The van der Waals surface area contributed by atoms with Gasteiger partial charge in [-0.1, -0.05) is 27.2 Å². The standard InChI is InChI=1S/C11H23BO2/c1-7-9(3)11(6)10(4,5)13-12(8-2)14-11/h9H,7-8H2,1-6H3. The first-order valence-electron chi connectivity index (χ1n) is 5.73. The molecule has 0 aromatic carbocycles. The molecule has 2 unspecified atom stereocenters. The molecule has 0 aromatic heterocycles. The van der Waals surface area contributed by atoms with Crippen LogP contribution < -0.4 is 0 Å². The van der Waals surface area contributed by atoms with Gasteiger partial charge in [0.05, 0.1) is 11.2 Å². The monoisotopic (exact) mass is 198 g/mol. The van der Waals surface area contributed by atoms with Crippen molar-refractivity contribution in [3.05, 3.63) is 0 Å². The number of hydrogen-bond donors (Lipinski definition) is 0. The highest BCUT2D eigenvalue weighted by molar-refractivity contribution is 6.45. The Labute approximate surface area is 88.5 Å². The van der Waals surface area contributed by atoms with Gasteiger partial charge in [0.2, 0.25) is 0 Å². The summed E-state index contributed by atoms with van der Waals surface area (Å²) in [6.07, 6.45) is 2.05. The van der Waals surface area contributed by atoms with Crippen molar-refractivity contribution < 1.29 is 9.31 Å². The average Bonchev–Trinajstić information content (AvgIpc) is 2.37. The molecule has 0 N–H and O–H groups in total. The van der Waals surface area contributed by atoms with E-state index in [9.17, 15) is 0 Å². The molecule has 2 nitrogen and oxygen atoms in total. The molecule has 0 bridgehead atoms. The molecule has 1 saturated heterocycles. The van der Waals surface area contributed by atoms with Crippen molar-refractivity contribution in [2.75, 3.05) is 0 Å². The molecule has 0 saturated carbocycles. The summed E-state index contributed by atoms with van der Waals surface area (Å²) in [6, 6.07) is 0. The quantitative estimate of drug-likeness (QED) is 0.648. The van der Waals surface area contributed by atoms with E-state index in [4.69, 9.17) is 9.31 Å². The molecule has 14 heavy (non-hydrogen) atoms. The van der Waals surface area contributed by atoms with Crippen LogP contribution in [0, 0.1) is 5.92 Å². The molecular formula is C11H23BO2. The molecule has 0 radical (unpaired) electrons. The Hall–Kier alpha value is -0.0151. The molecule has 1 aliphatic rings. The Bertz CT molecular complexity index is 205. The molecule has 0 aromatic rings. The zero-order valence-corrected chi connectivity index (χ0v) is 10.4. The van der Waals surface area contributed by atoms with E-state index in [0.29, 0.717) is 5.92 Å². The summed E-state index contributed by atoms with van der Waals surface area (Å²) < 4.78 is 12.0. The summed E-state index contributed by atoms with van der Waals surface area (Å²) in [5.41, 5.74) is -0.328. The maximum atomic E-state index is 6.04. The molecule has 82 valence electrons. The second kappa shape index (κ2) is 3.86. The van der Waals surface area contributed by atoms with Crippen LogP contribution in [-0.2, 0) is 9.31 Å². The Morgan fingerprint density at radius 1 is 1.14 bits per heavy atom. The van der Waals surface area contributed by atoms with Crippen LogP contribution in [0.1, 0.15) is 48.0 Å². The van der Waals surface area contributed by atoms with E-state index in [1.165, 1.54) is 0 Å². The molecular weight excluding hydrogens is 175 g/mol. The van der Waals surface area contributed by atoms with Crippen molar-refractivity contribution in [3.63, 3.8) is 0 Å². The highest BCUT2D eigenvalue weighted by atomic mass is 16.7. The molecule has 1 aliphatic heterocycles. The third kappa shape index (κ3) is 1.72. The Morgan fingerprint density at radius 2 is 1.71 bits per heavy atom. The fraction of sp³-hybridized carbons (Fsp3) is 1.00. The molecule has 1 heterocycles. The lowest BCUT2D eigenvalue weighted by atomic mass is 9.77. The highest BCUT2D eigenvalue weighted by Gasteiger charge is 2.55. The van der Waals surface area contributed by atoms with E-state index >= 15 is 0 Å². The molecule has 3 heteroatoms. The Morgan fingerprint density at radius 3 is 2.07 bits per heavy atom. The predicted molar refractivity (Wildman–Crippen MR) is 60.3 cm³/mol. The molecule has 1 fully saturated rings. The van der Waals surface area contributed by atoms with Crippen molar-refractivity contribution >= 4 is 7.12 Å². The van der Waals surface area contributed by atoms with E-state index in [-0.39, 0.29) is 18.3 Å². The summed E-state index contributed by atoms with van der Waals surface area (Å²) in [5.74, 6) is 0.522. The third-order valence-electron chi connectivity index (χ3n) is 3.88. The minimum Gasteiger partial charge on any atom is -0.403 e. The fourth-order valence-electron chi connectivity index (χ4n) is 2.15.